The molecule has 3 aliphatic rings. The van der Waals surface area contributed by atoms with Crippen LogP contribution in [0.4, 0.5) is 21.9 Å². The first-order valence-corrected chi connectivity index (χ1v) is 11.8. The third-order valence-electron chi connectivity index (χ3n) is 7.30. The van der Waals surface area contributed by atoms with E-state index in [-0.39, 0.29) is 17.8 Å². The Morgan fingerprint density at radius 2 is 1.75 bits per heavy atom. The van der Waals surface area contributed by atoms with Gasteiger partial charge in [0.15, 0.2) is 5.41 Å². The van der Waals surface area contributed by atoms with E-state index in [4.69, 9.17) is 11.6 Å². The summed E-state index contributed by atoms with van der Waals surface area (Å²) in [6, 6.07) is 16.8. The summed E-state index contributed by atoms with van der Waals surface area (Å²) in [6.07, 6.45) is 0.580. The third kappa shape index (κ3) is 3.06. The first-order chi connectivity index (χ1) is 17.3. The van der Waals surface area contributed by atoms with Crippen molar-refractivity contribution in [1.82, 2.24) is 5.32 Å². The van der Waals surface area contributed by atoms with Gasteiger partial charge >= 0.3 is 6.03 Å². The number of carbonyl (C=O) groups is 3. The van der Waals surface area contributed by atoms with Crippen molar-refractivity contribution in [2.75, 3.05) is 16.3 Å². The molecule has 1 N–H and O–H groups in total. The predicted molar refractivity (Wildman–Crippen MR) is 132 cm³/mol. The van der Waals surface area contributed by atoms with Crippen LogP contribution in [0, 0.1) is 15.5 Å². The molecule has 1 fully saturated rings. The minimum atomic E-state index is -1.73. The van der Waals surface area contributed by atoms with Crippen molar-refractivity contribution in [3.05, 3.63) is 98.6 Å². The first kappa shape index (κ1) is 22.2. The highest BCUT2D eigenvalue weighted by Gasteiger charge is 2.63. The Morgan fingerprint density at radius 1 is 1.00 bits per heavy atom. The molecule has 9 nitrogen and oxygen atoms in total. The fourth-order valence-electron chi connectivity index (χ4n) is 5.74. The Labute approximate surface area is 210 Å². The number of nitro groups is 1. The average Bonchev–Trinajstić information content (AvgIpc) is 2.87. The summed E-state index contributed by atoms with van der Waals surface area (Å²) in [5.74, 6) is -1.39. The van der Waals surface area contributed by atoms with Gasteiger partial charge in [0.05, 0.1) is 16.7 Å². The molecule has 3 aliphatic heterocycles. The van der Waals surface area contributed by atoms with Gasteiger partial charge in [-0.25, -0.2) is 9.69 Å². The fraction of sp³-hybridized carbons (Fsp3) is 0.192. The molecule has 10 heteroatoms. The quantitative estimate of drug-likeness (QED) is 0.319. The second-order valence-corrected chi connectivity index (χ2v) is 9.58. The van der Waals surface area contributed by atoms with Crippen molar-refractivity contribution in [1.29, 1.82) is 0 Å². The monoisotopic (exact) mass is 502 g/mol. The minimum absolute atomic E-state index is 0.0957. The standard InChI is InChI=1S/C26H19ClN4O5/c27-17-5-7-18(8-6-17)30-24(33)26(23(32)28-25(30)34)14-16-13-19(31(35)36)9-10-21(16)29-12-11-15-3-1-2-4-20(15)22(26)29/h1-10,13,22H,11-12,14H2,(H,28,32,34)/t22-,26+/m1/s1. The third-order valence-corrected chi connectivity index (χ3v) is 7.55. The van der Waals surface area contributed by atoms with E-state index < -0.39 is 34.2 Å². The summed E-state index contributed by atoms with van der Waals surface area (Å²) in [6.45, 7) is 0.504. The molecule has 0 aliphatic carbocycles. The number of hydrogen-bond donors (Lipinski definition) is 1. The van der Waals surface area contributed by atoms with Gasteiger partial charge in [-0.1, -0.05) is 35.9 Å². The van der Waals surface area contributed by atoms with Crippen molar-refractivity contribution in [3.63, 3.8) is 0 Å². The van der Waals surface area contributed by atoms with Crippen LogP contribution in [0.5, 0.6) is 0 Å². The number of amides is 4. The van der Waals surface area contributed by atoms with Gasteiger partial charge in [-0.3, -0.25) is 25.0 Å². The average molecular weight is 503 g/mol. The molecule has 3 aromatic rings. The van der Waals surface area contributed by atoms with E-state index in [9.17, 15) is 24.5 Å². The number of nitrogens with zero attached hydrogens (tertiary/aromatic N) is 3. The number of imide groups is 2. The largest absolute Gasteiger partial charge is 0.362 e. The van der Waals surface area contributed by atoms with Crippen LogP contribution in [0.3, 0.4) is 0 Å². The highest BCUT2D eigenvalue weighted by atomic mass is 35.5. The number of rotatable bonds is 2. The van der Waals surface area contributed by atoms with Gasteiger partial charge < -0.3 is 4.90 Å². The van der Waals surface area contributed by atoms with Crippen molar-refractivity contribution in [2.45, 2.75) is 18.9 Å². The van der Waals surface area contributed by atoms with E-state index in [1.54, 1.807) is 18.2 Å². The van der Waals surface area contributed by atoms with Crippen molar-refractivity contribution >= 4 is 46.5 Å². The SMILES string of the molecule is O=C1NC(=O)[C@@]2(Cc3cc([N+](=O)[O-])ccc3N3CCc4ccccc4[C@@H]32)C(=O)N1c1ccc(Cl)cc1. The van der Waals surface area contributed by atoms with Crippen molar-refractivity contribution < 1.29 is 19.3 Å². The summed E-state index contributed by atoms with van der Waals surface area (Å²) in [7, 11) is 0. The molecule has 0 aromatic heterocycles. The van der Waals surface area contributed by atoms with Crippen LogP contribution in [-0.2, 0) is 22.4 Å². The molecule has 1 spiro atoms. The van der Waals surface area contributed by atoms with Crippen molar-refractivity contribution in [2.24, 2.45) is 5.41 Å². The van der Waals surface area contributed by atoms with Crippen LogP contribution in [-0.4, -0.2) is 29.3 Å². The molecule has 0 saturated carbocycles. The van der Waals surface area contributed by atoms with E-state index in [0.29, 0.717) is 23.6 Å². The molecule has 0 radical (unpaired) electrons. The highest BCUT2D eigenvalue weighted by molar-refractivity contribution is 6.32. The zero-order chi connectivity index (χ0) is 25.2. The van der Waals surface area contributed by atoms with E-state index in [1.807, 2.05) is 29.2 Å². The molecular formula is C26H19ClN4O5. The van der Waals surface area contributed by atoms with E-state index in [2.05, 4.69) is 5.32 Å². The lowest BCUT2D eigenvalue weighted by Crippen LogP contribution is -2.70. The maximum absolute atomic E-state index is 14.4. The number of barbiturate groups is 1. The number of nitrogens with one attached hydrogen (secondary N) is 1. The van der Waals surface area contributed by atoms with Gasteiger partial charge in [-0.15, -0.1) is 0 Å². The molecule has 2 atom stereocenters. The Balaban J connectivity index is 1.59. The van der Waals surface area contributed by atoms with Crippen molar-refractivity contribution in [3.8, 4) is 0 Å². The van der Waals surface area contributed by atoms with Gasteiger partial charge in [0.25, 0.3) is 11.6 Å². The van der Waals surface area contributed by atoms with Crippen LogP contribution in [0.2, 0.25) is 5.02 Å². The van der Waals surface area contributed by atoms with E-state index >= 15 is 0 Å². The molecule has 180 valence electrons. The fourth-order valence-corrected chi connectivity index (χ4v) is 5.86. The second-order valence-electron chi connectivity index (χ2n) is 9.14. The Bertz CT molecular complexity index is 1470. The normalized spacial score (nSPS) is 22.6. The second kappa shape index (κ2) is 7.89. The topological polar surface area (TPSA) is 113 Å². The number of urea groups is 1. The Morgan fingerprint density at radius 3 is 2.50 bits per heavy atom. The Kier molecular flexibility index (Phi) is 4.87. The Hall–Kier alpha value is -4.24. The summed E-state index contributed by atoms with van der Waals surface area (Å²) in [4.78, 5) is 55.0. The highest BCUT2D eigenvalue weighted by Crippen LogP contribution is 2.54. The van der Waals surface area contributed by atoms with Crippen LogP contribution in [0.15, 0.2) is 66.7 Å². The number of nitro benzene ring substituents is 1. The van der Waals surface area contributed by atoms with Crippen LogP contribution < -0.4 is 15.1 Å². The first-order valence-electron chi connectivity index (χ1n) is 11.4. The lowest BCUT2D eigenvalue weighted by molar-refractivity contribution is -0.384. The summed E-state index contributed by atoms with van der Waals surface area (Å²) in [5.41, 5.74) is 1.49. The van der Waals surface area contributed by atoms with E-state index in [0.717, 1.165) is 21.7 Å². The zero-order valence-corrected chi connectivity index (χ0v) is 19.6. The molecule has 0 bridgehead atoms. The number of carbonyl (C=O) groups excluding carboxylic acids is 3. The smallest absolute Gasteiger partial charge is 0.335 e. The number of halogens is 1. The molecule has 3 aromatic carbocycles. The van der Waals surface area contributed by atoms with Gasteiger partial charge in [0.1, 0.15) is 0 Å². The molecular weight excluding hydrogens is 484 g/mol. The lowest BCUT2D eigenvalue weighted by Gasteiger charge is -2.54. The van der Waals surface area contributed by atoms with Gasteiger partial charge in [0.2, 0.25) is 5.91 Å². The summed E-state index contributed by atoms with van der Waals surface area (Å²) in [5, 5.41) is 14.3. The molecule has 0 unspecified atom stereocenters. The number of anilines is 2. The van der Waals surface area contributed by atoms with E-state index in [1.165, 1.54) is 24.3 Å². The van der Waals surface area contributed by atoms with Crippen LogP contribution in [0.1, 0.15) is 22.7 Å². The number of fused-ring (bicyclic) bond motifs is 6. The zero-order valence-electron chi connectivity index (χ0n) is 18.8. The number of benzene rings is 3. The molecule has 3 heterocycles. The summed E-state index contributed by atoms with van der Waals surface area (Å²) < 4.78 is 0. The lowest BCUT2D eigenvalue weighted by atomic mass is 9.64. The number of non-ortho nitro benzene ring substituents is 1. The molecule has 36 heavy (non-hydrogen) atoms. The number of hydrogen-bond acceptors (Lipinski definition) is 6. The molecule has 1 saturated heterocycles. The van der Waals surface area contributed by atoms with Crippen LogP contribution >= 0.6 is 11.6 Å². The van der Waals surface area contributed by atoms with Gasteiger partial charge in [-0.05, 0) is 53.4 Å². The summed E-state index contributed by atoms with van der Waals surface area (Å²) >= 11 is 6.01. The van der Waals surface area contributed by atoms with Gasteiger partial charge in [-0.2, -0.15) is 0 Å². The predicted octanol–water partition coefficient (Wildman–Crippen LogP) is 4.18. The minimum Gasteiger partial charge on any atom is -0.362 e. The van der Waals surface area contributed by atoms with Crippen LogP contribution in [0.25, 0.3) is 0 Å². The maximum atomic E-state index is 14.4. The molecule has 6 rings (SSSR count). The van der Waals surface area contributed by atoms with Gasteiger partial charge in [0, 0.05) is 35.8 Å². The molecule has 4 amide bonds. The maximum Gasteiger partial charge on any atom is 0.335 e.